The Balaban J connectivity index is 1.96. The molecule has 6 nitrogen and oxygen atoms in total. The summed E-state index contributed by atoms with van der Waals surface area (Å²) >= 11 is 0. The molecule has 1 aliphatic rings. The van der Waals surface area contributed by atoms with E-state index in [4.69, 9.17) is 9.47 Å². The van der Waals surface area contributed by atoms with Crippen LogP contribution in [-0.4, -0.2) is 49.2 Å². The molecule has 1 saturated heterocycles. The zero-order valence-electron chi connectivity index (χ0n) is 13.7. The lowest BCUT2D eigenvalue weighted by Gasteiger charge is -2.22. The van der Waals surface area contributed by atoms with Gasteiger partial charge in [-0.1, -0.05) is 37.3 Å². The molecule has 0 spiro atoms. The van der Waals surface area contributed by atoms with Crippen LogP contribution in [0.15, 0.2) is 30.3 Å². The number of nitrogens with zero attached hydrogens (tertiary/aromatic N) is 1. The van der Waals surface area contributed by atoms with Crippen LogP contribution in [-0.2, 0) is 20.9 Å². The number of rotatable bonds is 6. The molecule has 0 aliphatic carbocycles. The van der Waals surface area contributed by atoms with Gasteiger partial charge in [-0.25, -0.2) is 4.79 Å². The summed E-state index contributed by atoms with van der Waals surface area (Å²) in [6.07, 6.45) is 0.797. The van der Waals surface area contributed by atoms with Crippen LogP contribution in [0.25, 0.3) is 0 Å². The summed E-state index contributed by atoms with van der Waals surface area (Å²) in [4.78, 5) is 25.8. The normalized spacial score (nSPS) is 20.3. The predicted octanol–water partition coefficient (Wildman–Crippen LogP) is 1.94. The van der Waals surface area contributed by atoms with Gasteiger partial charge < -0.3 is 14.8 Å². The fourth-order valence-corrected chi connectivity index (χ4v) is 2.62. The molecule has 1 N–H and O–H groups in total. The third kappa shape index (κ3) is 4.69. The molecule has 1 heterocycles. The van der Waals surface area contributed by atoms with Crippen molar-refractivity contribution >= 4 is 12.0 Å². The highest BCUT2D eigenvalue weighted by atomic mass is 16.6. The van der Waals surface area contributed by atoms with Gasteiger partial charge in [-0.05, 0) is 12.0 Å². The van der Waals surface area contributed by atoms with Crippen molar-refractivity contribution in [3.63, 3.8) is 0 Å². The molecule has 2 amide bonds. The van der Waals surface area contributed by atoms with Crippen molar-refractivity contribution in [1.29, 1.82) is 0 Å². The maximum Gasteiger partial charge on any atom is 0.410 e. The van der Waals surface area contributed by atoms with Crippen molar-refractivity contribution in [2.45, 2.75) is 38.5 Å². The third-order valence-electron chi connectivity index (χ3n) is 3.81. The number of benzene rings is 1. The molecule has 0 bridgehead atoms. The Morgan fingerprint density at radius 3 is 2.70 bits per heavy atom. The van der Waals surface area contributed by atoms with Crippen molar-refractivity contribution in [2.24, 2.45) is 0 Å². The van der Waals surface area contributed by atoms with E-state index in [0.29, 0.717) is 19.6 Å². The number of amides is 2. The molecule has 0 unspecified atom stereocenters. The minimum absolute atomic E-state index is 0.124. The monoisotopic (exact) mass is 320 g/mol. The van der Waals surface area contributed by atoms with E-state index in [0.717, 1.165) is 12.0 Å². The van der Waals surface area contributed by atoms with Gasteiger partial charge in [-0.15, -0.1) is 0 Å². The molecule has 0 aromatic heterocycles. The maximum atomic E-state index is 12.3. The summed E-state index contributed by atoms with van der Waals surface area (Å²) in [6, 6.07) is 8.93. The summed E-state index contributed by atoms with van der Waals surface area (Å²) in [5, 5.41) is 2.60. The molecule has 6 heteroatoms. The Morgan fingerprint density at radius 1 is 1.30 bits per heavy atom. The van der Waals surface area contributed by atoms with Gasteiger partial charge >= 0.3 is 6.09 Å². The second kappa shape index (κ2) is 8.53. The van der Waals surface area contributed by atoms with Crippen LogP contribution >= 0.6 is 0 Å². The molecule has 2 rings (SSSR count). The zero-order valence-corrected chi connectivity index (χ0v) is 13.7. The van der Waals surface area contributed by atoms with E-state index in [1.165, 1.54) is 4.90 Å². The lowest BCUT2D eigenvalue weighted by atomic mass is 10.2. The van der Waals surface area contributed by atoms with Crippen LogP contribution in [0.5, 0.6) is 0 Å². The fraction of sp³-hybridized carbons (Fsp3) is 0.529. The van der Waals surface area contributed by atoms with Crippen LogP contribution in [0.3, 0.4) is 0 Å². The Hall–Kier alpha value is -2.08. The van der Waals surface area contributed by atoms with Gasteiger partial charge in [0.15, 0.2) is 0 Å². The first-order chi connectivity index (χ1) is 11.2. The van der Waals surface area contributed by atoms with Gasteiger partial charge in [-0.2, -0.15) is 0 Å². The number of likely N-dealkylation sites (tertiary alicyclic amines) is 1. The number of hydrogen-bond donors (Lipinski definition) is 1. The van der Waals surface area contributed by atoms with Gasteiger partial charge in [0.2, 0.25) is 5.91 Å². The van der Waals surface area contributed by atoms with Gasteiger partial charge in [-0.3, -0.25) is 9.69 Å². The number of ether oxygens (including phenoxy) is 2. The van der Waals surface area contributed by atoms with Gasteiger partial charge in [0.1, 0.15) is 12.6 Å². The van der Waals surface area contributed by atoms with Crippen molar-refractivity contribution in [1.82, 2.24) is 10.2 Å². The second-order valence-corrected chi connectivity index (χ2v) is 5.55. The molecule has 1 aromatic rings. The summed E-state index contributed by atoms with van der Waals surface area (Å²) in [7, 11) is 1.57. The van der Waals surface area contributed by atoms with E-state index in [1.807, 2.05) is 37.3 Å². The third-order valence-corrected chi connectivity index (χ3v) is 3.81. The van der Waals surface area contributed by atoms with Crippen molar-refractivity contribution in [3.8, 4) is 0 Å². The fourth-order valence-electron chi connectivity index (χ4n) is 2.62. The molecule has 1 aliphatic heterocycles. The topological polar surface area (TPSA) is 67.9 Å². The van der Waals surface area contributed by atoms with E-state index in [2.05, 4.69) is 5.32 Å². The van der Waals surface area contributed by atoms with Crippen LogP contribution < -0.4 is 5.32 Å². The van der Waals surface area contributed by atoms with Crippen LogP contribution in [0.2, 0.25) is 0 Å². The number of nitrogens with one attached hydrogen (secondary N) is 1. The number of carbonyl (C=O) groups excluding carboxylic acids is 2. The molecule has 23 heavy (non-hydrogen) atoms. The molecule has 0 radical (unpaired) electrons. The summed E-state index contributed by atoms with van der Waals surface area (Å²) in [5.41, 5.74) is 0.912. The summed E-state index contributed by atoms with van der Waals surface area (Å²) in [6.45, 7) is 3.22. The first-order valence-corrected chi connectivity index (χ1v) is 7.96. The largest absolute Gasteiger partial charge is 0.445 e. The molecule has 1 fully saturated rings. The first-order valence-electron chi connectivity index (χ1n) is 7.96. The van der Waals surface area contributed by atoms with Crippen LogP contribution in [0, 0.1) is 0 Å². The van der Waals surface area contributed by atoms with Gasteiger partial charge in [0.25, 0.3) is 0 Å². The SMILES string of the molecule is CCCO[C@@H]1C[C@@H](C(=O)NC)N(C(=O)OCc2ccccc2)C1. The molecule has 0 saturated carbocycles. The highest BCUT2D eigenvalue weighted by molar-refractivity contribution is 5.86. The molecule has 126 valence electrons. The van der Waals surface area contributed by atoms with Crippen molar-refractivity contribution in [3.05, 3.63) is 35.9 Å². The first kappa shape index (κ1) is 17.3. The van der Waals surface area contributed by atoms with Crippen molar-refractivity contribution < 1.29 is 19.1 Å². The number of carbonyl (C=O) groups is 2. The summed E-state index contributed by atoms with van der Waals surface area (Å²) < 4.78 is 11.0. The van der Waals surface area contributed by atoms with E-state index < -0.39 is 12.1 Å². The Labute approximate surface area is 136 Å². The van der Waals surface area contributed by atoms with E-state index in [-0.39, 0.29) is 18.6 Å². The van der Waals surface area contributed by atoms with Gasteiger partial charge in [0.05, 0.1) is 12.6 Å². The summed E-state index contributed by atoms with van der Waals surface area (Å²) in [5.74, 6) is -0.191. The maximum absolute atomic E-state index is 12.3. The predicted molar refractivity (Wildman–Crippen MR) is 85.8 cm³/mol. The minimum Gasteiger partial charge on any atom is -0.445 e. The smallest absolute Gasteiger partial charge is 0.410 e. The lowest BCUT2D eigenvalue weighted by molar-refractivity contribution is -0.124. The second-order valence-electron chi connectivity index (χ2n) is 5.55. The van der Waals surface area contributed by atoms with E-state index in [9.17, 15) is 9.59 Å². The number of hydrogen-bond acceptors (Lipinski definition) is 4. The van der Waals surface area contributed by atoms with Crippen LogP contribution in [0.1, 0.15) is 25.3 Å². The number of likely N-dealkylation sites (N-methyl/N-ethyl adjacent to an activating group) is 1. The minimum atomic E-state index is -0.537. The van der Waals surface area contributed by atoms with Gasteiger partial charge in [0, 0.05) is 20.1 Å². The molecule has 1 aromatic carbocycles. The Bertz CT molecular complexity index is 521. The quantitative estimate of drug-likeness (QED) is 0.870. The lowest BCUT2D eigenvalue weighted by Crippen LogP contribution is -2.45. The van der Waals surface area contributed by atoms with Crippen LogP contribution in [0.4, 0.5) is 4.79 Å². The Kier molecular flexibility index (Phi) is 6.40. The van der Waals surface area contributed by atoms with E-state index in [1.54, 1.807) is 7.05 Å². The average Bonchev–Trinajstić information content (AvgIpc) is 3.02. The van der Waals surface area contributed by atoms with Crippen molar-refractivity contribution in [2.75, 3.05) is 20.2 Å². The van der Waals surface area contributed by atoms with E-state index >= 15 is 0 Å². The average molecular weight is 320 g/mol. The highest BCUT2D eigenvalue weighted by Crippen LogP contribution is 2.22. The standard InChI is InChI=1S/C17H24N2O4/c1-3-9-22-14-10-15(16(20)18-2)19(11-14)17(21)23-12-13-7-5-4-6-8-13/h4-8,14-15H,3,9-12H2,1-2H3,(H,18,20)/t14-,15+/m1/s1. The highest BCUT2D eigenvalue weighted by Gasteiger charge is 2.40. The molecular formula is C17H24N2O4. The molecule has 2 atom stereocenters. The molecular weight excluding hydrogens is 296 g/mol. The zero-order chi connectivity index (χ0) is 16.7. The Morgan fingerprint density at radius 2 is 2.04 bits per heavy atom.